The van der Waals surface area contributed by atoms with E-state index in [-0.39, 0.29) is 0 Å². The van der Waals surface area contributed by atoms with Crippen LogP contribution in [0.4, 0.5) is 0 Å². The zero-order chi connectivity index (χ0) is 12.3. The molecule has 1 heterocycles. The highest BCUT2D eigenvalue weighted by atomic mass is 16.5. The van der Waals surface area contributed by atoms with Gasteiger partial charge in [0.15, 0.2) is 0 Å². The standard InChI is InChI=1S/C13H19NO.C2H6/c1-2-10-7-12(8-11-9-13(10)11)14-3-5-15-6-4-14;1-2/h7-8,11,13H,2-6,9H2,1H3;1-2H3. The summed E-state index contributed by atoms with van der Waals surface area (Å²) in [5, 5.41) is 0. The summed E-state index contributed by atoms with van der Waals surface area (Å²) in [6.07, 6.45) is 7.53. The molecule has 1 aliphatic heterocycles. The molecule has 0 aromatic carbocycles. The fourth-order valence-corrected chi connectivity index (χ4v) is 2.77. The van der Waals surface area contributed by atoms with E-state index >= 15 is 0 Å². The Labute approximate surface area is 105 Å². The van der Waals surface area contributed by atoms with Gasteiger partial charge in [0.25, 0.3) is 0 Å². The summed E-state index contributed by atoms with van der Waals surface area (Å²) in [5.41, 5.74) is 3.14. The summed E-state index contributed by atoms with van der Waals surface area (Å²) < 4.78 is 5.39. The van der Waals surface area contributed by atoms with E-state index in [4.69, 9.17) is 4.74 Å². The van der Waals surface area contributed by atoms with Gasteiger partial charge in [-0.2, -0.15) is 0 Å². The van der Waals surface area contributed by atoms with Gasteiger partial charge in [-0.05, 0) is 30.8 Å². The van der Waals surface area contributed by atoms with Gasteiger partial charge >= 0.3 is 0 Å². The number of nitrogens with zero attached hydrogens (tertiary/aromatic N) is 1. The van der Waals surface area contributed by atoms with Crippen LogP contribution in [0.15, 0.2) is 23.4 Å². The highest BCUT2D eigenvalue weighted by Gasteiger charge is 2.40. The van der Waals surface area contributed by atoms with Crippen LogP contribution in [0.5, 0.6) is 0 Å². The summed E-state index contributed by atoms with van der Waals surface area (Å²) in [6.45, 7) is 10.2. The van der Waals surface area contributed by atoms with Crippen LogP contribution in [0.2, 0.25) is 0 Å². The molecule has 0 radical (unpaired) electrons. The molecule has 2 fully saturated rings. The Balaban J connectivity index is 0.000000514. The monoisotopic (exact) mass is 235 g/mol. The number of hydrogen-bond donors (Lipinski definition) is 0. The Hall–Kier alpha value is -0.760. The lowest BCUT2D eigenvalue weighted by Crippen LogP contribution is -2.35. The summed E-state index contributed by atoms with van der Waals surface area (Å²) >= 11 is 0. The Morgan fingerprint density at radius 3 is 2.65 bits per heavy atom. The molecule has 96 valence electrons. The molecule has 2 atom stereocenters. The molecule has 3 rings (SSSR count). The summed E-state index contributed by atoms with van der Waals surface area (Å²) in [4.78, 5) is 2.48. The van der Waals surface area contributed by atoms with Crippen molar-refractivity contribution in [3.8, 4) is 0 Å². The predicted octanol–water partition coefficient (Wildman–Crippen LogP) is 3.21. The molecular weight excluding hydrogens is 210 g/mol. The van der Waals surface area contributed by atoms with E-state index in [0.29, 0.717) is 0 Å². The first kappa shape index (κ1) is 12.7. The number of morpholine rings is 1. The Bertz CT molecular complexity index is 313. The normalized spacial score (nSPS) is 30.6. The third-order valence-corrected chi connectivity index (χ3v) is 3.82. The third-order valence-electron chi connectivity index (χ3n) is 3.82. The number of rotatable bonds is 2. The minimum absolute atomic E-state index is 0.864. The summed E-state index contributed by atoms with van der Waals surface area (Å²) in [5.74, 6) is 1.77. The maximum Gasteiger partial charge on any atom is 0.0642 e. The van der Waals surface area contributed by atoms with Crippen LogP contribution in [-0.4, -0.2) is 31.2 Å². The molecule has 0 bridgehead atoms. The number of hydrogen-bond acceptors (Lipinski definition) is 2. The molecule has 0 aromatic rings. The van der Waals surface area contributed by atoms with E-state index in [2.05, 4.69) is 24.0 Å². The van der Waals surface area contributed by atoms with E-state index in [1.54, 1.807) is 5.57 Å². The second-order valence-electron chi connectivity index (χ2n) is 4.77. The molecule has 3 aliphatic rings. The predicted molar refractivity (Wildman–Crippen MR) is 71.8 cm³/mol. The molecule has 2 unspecified atom stereocenters. The molecule has 0 N–H and O–H groups in total. The number of fused-ring (bicyclic) bond motifs is 1. The average molecular weight is 235 g/mol. The molecule has 2 aliphatic carbocycles. The van der Waals surface area contributed by atoms with Gasteiger partial charge in [-0.3, -0.25) is 0 Å². The number of allylic oxidation sites excluding steroid dienone is 3. The minimum Gasteiger partial charge on any atom is -0.378 e. The van der Waals surface area contributed by atoms with Crippen LogP contribution < -0.4 is 0 Å². The molecule has 0 aromatic heterocycles. The second kappa shape index (κ2) is 5.72. The third kappa shape index (κ3) is 2.74. The van der Waals surface area contributed by atoms with Gasteiger partial charge in [0.2, 0.25) is 0 Å². The SMILES string of the molecule is CC.CCC1=CC(N2CCOCC2)=CC2CC12. The summed E-state index contributed by atoms with van der Waals surface area (Å²) in [7, 11) is 0. The van der Waals surface area contributed by atoms with Gasteiger partial charge in [0.1, 0.15) is 0 Å². The Morgan fingerprint density at radius 2 is 2.00 bits per heavy atom. The highest BCUT2D eigenvalue weighted by Crippen LogP contribution is 2.50. The molecule has 1 saturated heterocycles. The van der Waals surface area contributed by atoms with Crippen molar-refractivity contribution in [2.24, 2.45) is 11.8 Å². The zero-order valence-corrected chi connectivity index (χ0v) is 11.4. The second-order valence-corrected chi connectivity index (χ2v) is 4.77. The molecule has 0 amide bonds. The fraction of sp³-hybridized carbons (Fsp3) is 0.733. The molecule has 17 heavy (non-hydrogen) atoms. The Morgan fingerprint density at radius 1 is 1.29 bits per heavy atom. The van der Waals surface area contributed by atoms with Crippen LogP contribution in [0.1, 0.15) is 33.6 Å². The lowest BCUT2D eigenvalue weighted by molar-refractivity contribution is 0.0550. The van der Waals surface area contributed by atoms with Crippen molar-refractivity contribution in [2.75, 3.05) is 26.3 Å². The van der Waals surface area contributed by atoms with Crippen LogP contribution >= 0.6 is 0 Å². The quantitative estimate of drug-likeness (QED) is 0.728. The zero-order valence-electron chi connectivity index (χ0n) is 11.4. The first-order valence-corrected chi connectivity index (χ1v) is 7.13. The first-order chi connectivity index (χ1) is 8.38. The molecule has 0 spiro atoms. The van der Waals surface area contributed by atoms with Gasteiger partial charge in [0.05, 0.1) is 13.2 Å². The average Bonchev–Trinajstić information content (AvgIpc) is 3.20. The van der Waals surface area contributed by atoms with Crippen LogP contribution in [-0.2, 0) is 4.74 Å². The van der Waals surface area contributed by atoms with E-state index in [9.17, 15) is 0 Å². The largest absolute Gasteiger partial charge is 0.378 e. The maximum absolute atomic E-state index is 5.39. The molecular formula is C15H25NO. The smallest absolute Gasteiger partial charge is 0.0642 e. The minimum atomic E-state index is 0.864. The lowest BCUT2D eigenvalue weighted by Gasteiger charge is -2.31. The number of ether oxygens (including phenoxy) is 1. The van der Waals surface area contributed by atoms with Crippen molar-refractivity contribution in [2.45, 2.75) is 33.6 Å². The highest BCUT2D eigenvalue weighted by molar-refractivity contribution is 5.36. The van der Waals surface area contributed by atoms with Crippen molar-refractivity contribution in [3.05, 3.63) is 23.4 Å². The fourth-order valence-electron chi connectivity index (χ4n) is 2.77. The van der Waals surface area contributed by atoms with E-state index < -0.39 is 0 Å². The van der Waals surface area contributed by atoms with Crippen LogP contribution in [0, 0.1) is 11.8 Å². The van der Waals surface area contributed by atoms with Crippen molar-refractivity contribution >= 4 is 0 Å². The van der Waals surface area contributed by atoms with Gasteiger partial charge < -0.3 is 9.64 Å². The molecule has 2 nitrogen and oxygen atoms in total. The van der Waals surface area contributed by atoms with Crippen LogP contribution in [0.3, 0.4) is 0 Å². The maximum atomic E-state index is 5.39. The topological polar surface area (TPSA) is 12.5 Å². The van der Waals surface area contributed by atoms with E-state index in [1.807, 2.05) is 13.8 Å². The van der Waals surface area contributed by atoms with Gasteiger partial charge in [0, 0.05) is 18.8 Å². The van der Waals surface area contributed by atoms with Crippen molar-refractivity contribution in [1.29, 1.82) is 0 Å². The van der Waals surface area contributed by atoms with Gasteiger partial charge in [-0.15, -0.1) is 0 Å². The van der Waals surface area contributed by atoms with Crippen molar-refractivity contribution < 1.29 is 4.74 Å². The van der Waals surface area contributed by atoms with Gasteiger partial charge in [-0.25, -0.2) is 0 Å². The van der Waals surface area contributed by atoms with Gasteiger partial charge in [-0.1, -0.05) is 32.4 Å². The van der Waals surface area contributed by atoms with E-state index in [0.717, 1.165) is 38.1 Å². The summed E-state index contributed by atoms with van der Waals surface area (Å²) in [6, 6.07) is 0. The van der Waals surface area contributed by atoms with E-state index in [1.165, 1.54) is 18.5 Å². The first-order valence-electron chi connectivity index (χ1n) is 7.13. The Kier molecular flexibility index (Phi) is 4.27. The molecule has 1 saturated carbocycles. The van der Waals surface area contributed by atoms with Crippen LogP contribution in [0.25, 0.3) is 0 Å². The lowest BCUT2D eigenvalue weighted by atomic mass is 10.00. The van der Waals surface area contributed by atoms with Crippen molar-refractivity contribution in [1.82, 2.24) is 4.90 Å². The molecule has 2 heteroatoms. The van der Waals surface area contributed by atoms with Crippen molar-refractivity contribution in [3.63, 3.8) is 0 Å².